The highest BCUT2D eigenvalue weighted by atomic mass is 16.5. The van der Waals surface area contributed by atoms with Gasteiger partial charge in [-0.2, -0.15) is 0 Å². The van der Waals surface area contributed by atoms with Gasteiger partial charge >= 0.3 is 0 Å². The molecule has 3 heterocycles. The molecule has 4 bridgehead atoms. The maximum atomic E-state index is 13.4. The molecule has 5 rings (SSSR count). The molecule has 2 aliphatic rings. The molecule has 0 spiro atoms. The largest absolute Gasteiger partial charge is 0.497 e. The van der Waals surface area contributed by atoms with Gasteiger partial charge in [0.15, 0.2) is 11.5 Å². The molecule has 11 nitrogen and oxygen atoms in total. The Morgan fingerprint density at radius 2 is 1.86 bits per heavy atom. The summed E-state index contributed by atoms with van der Waals surface area (Å²) in [4.78, 5) is 34.9. The van der Waals surface area contributed by atoms with Crippen LogP contribution in [0.1, 0.15) is 23.2 Å². The first-order valence-corrected chi connectivity index (χ1v) is 14.8. The van der Waals surface area contributed by atoms with Gasteiger partial charge in [0.05, 0.1) is 51.8 Å². The summed E-state index contributed by atoms with van der Waals surface area (Å²) in [6, 6.07) is 16.8. The quantitative estimate of drug-likeness (QED) is 0.435. The summed E-state index contributed by atoms with van der Waals surface area (Å²) in [6.45, 7) is 2.64. The van der Waals surface area contributed by atoms with E-state index in [0.717, 1.165) is 22.6 Å². The number of aryl methyl sites for hydroxylation is 1. The van der Waals surface area contributed by atoms with Crippen molar-refractivity contribution < 1.29 is 33.3 Å². The summed E-state index contributed by atoms with van der Waals surface area (Å²) in [5.41, 5.74) is 2.72. The first-order chi connectivity index (χ1) is 21.4. The first kappa shape index (κ1) is 31.2. The number of benzene rings is 2. The number of hydrogen-bond donors (Lipinski definition) is 1. The van der Waals surface area contributed by atoms with Crippen LogP contribution in [-0.2, 0) is 38.6 Å². The highest BCUT2D eigenvalue weighted by Crippen LogP contribution is 2.33. The molecule has 234 valence electrons. The van der Waals surface area contributed by atoms with Gasteiger partial charge in [-0.25, -0.2) is 0 Å². The highest BCUT2D eigenvalue weighted by Gasteiger charge is 2.35. The molecule has 2 atom stereocenters. The highest BCUT2D eigenvalue weighted by molar-refractivity contribution is 5.85. The predicted molar refractivity (Wildman–Crippen MR) is 163 cm³/mol. The van der Waals surface area contributed by atoms with Gasteiger partial charge in [-0.05, 0) is 47.9 Å². The fraction of sp³-hybridized carbons (Fsp3) is 0.424. The second-order valence-corrected chi connectivity index (χ2v) is 10.9. The number of aromatic nitrogens is 1. The van der Waals surface area contributed by atoms with E-state index >= 15 is 0 Å². The molecule has 2 aromatic carbocycles. The lowest BCUT2D eigenvalue weighted by atomic mass is 10.1. The van der Waals surface area contributed by atoms with E-state index in [0.29, 0.717) is 63.1 Å². The third-order valence-electron chi connectivity index (χ3n) is 7.80. The molecule has 2 amide bonds. The van der Waals surface area contributed by atoms with Gasteiger partial charge in [0, 0.05) is 52.0 Å². The maximum Gasteiger partial charge on any atom is 0.239 e. The number of nitrogens with one attached hydrogen (secondary N) is 1. The Morgan fingerprint density at radius 3 is 2.68 bits per heavy atom. The molecule has 0 radical (unpaired) electrons. The number of carbonyl (C=O) groups is 2. The second kappa shape index (κ2) is 15.0. The molecule has 1 N–H and O–H groups in total. The summed E-state index contributed by atoms with van der Waals surface area (Å²) in [5.74, 6) is 2.17. The molecule has 3 aromatic rings. The molecule has 1 saturated heterocycles. The molecule has 11 heteroatoms. The van der Waals surface area contributed by atoms with Crippen molar-refractivity contribution in [3.63, 3.8) is 0 Å². The Morgan fingerprint density at radius 1 is 0.977 bits per heavy atom. The molecule has 0 saturated carbocycles. The predicted octanol–water partition coefficient (Wildman–Crippen LogP) is 3.20. The van der Waals surface area contributed by atoms with Gasteiger partial charge in [-0.3, -0.25) is 19.5 Å². The minimum Gasteiger partial charge on any atom is -0.497 e. The van der Waals surface area contributed by atoms with Crippen molar-refractivity contribution in [3.8, 4) is 23.0 Å². The summed E-state index contributed by atoms with van der Waals surface area (Å²) < 4.78 is 28.8. The zero-order chi connectivity index (χ0) is 30.9. The van der Waals surface area contributed by atoms with Crippen molar-refractivity contribution in [2.75, 3.05) is 54.1 Å². The van der Waals surface area contributed by atoms with Gasteiger partial charge in [0.25, 0.3) is 0 Å². The van der Waals surface area contributed by atoms with Crippen molar-refractivity contribution >= 4 is 11.8 Å². The summed E-state index contributed by atoms with van der Waals surface area (Å²) in [6.07, 6.45) is 2.15. The fourth-order valence-electron chi connectivity index (χ4n) is 5.50. The minimum absolute atomic E-state index is 0.0676. The second-order valence-electron chi connectivity index (χ2n) is 10.9. The molecule has 1 fully saturated rings. The van der Waals surface area contributed by atoms with E-state index in [-0.39, 0.29) is 36.9 Å². The van der Waals surface area contributed by atoms with E-state index in [1.807, 2.05) is 54.6 Å². The average molecular weight is 605 g/mol. The Bertz CT molecular complexity index is 1430. The van der Waals surface area contributed by atoms with Crippen molar-refractivity contribution in [2.24, 2.45) is 0 Å². The third-order valence-corrected chi connectivity index (χ3v) is 7.80. The average Bonchev–Trinajstić information content (AvgIpc) is 3.40. The van der Waals surface area contributed by atoms with Crippen molar-refractivity contribution in [3.05, 3.63) is 77.6 Å². The van der Waals surface area contributed by atoms with Crippen LogP contribution >= 0.6 is 0 Å². The molecule has 0 aliphatic carbocycles. The minimum atomic E-state index is -0.284. The third kappa shape index (κ3) is 8.25. The van der Waals surface area contributed by atoms with Crippen LogP contribution in [0.5, 0.6) is 23.0 Å². The van der Waals surface area contributed by atoms with E-state index < -0.39 is 0 Å². The number of rotatable bonds is 7. The van der Waals surface area contributed by atoms with Crippen LogP contribution in [0.3, 0.4) is 0 Å². The number of amides is 2. The van der Waals surface area contributed by atoms with Gasteiger partial charge in [0.2, 0.25) is 11.8 Å². The Balaban J connectivity index is 1.40. The topological polar surface area (TPSA) is 112 Å². The number of ether oxygens (including phenoxy) is 5. The van der Waals surface area contributed by atoms with Crippen LogP contribution in [0.15, 0.2) is 60.8 Å². The lowest BCUT2D eigenvalue weighted by Crippen LogP contribution is -2.49. The fourth-order valence-corrected chi connectivity index (χ4v) is 5.50. The summed E-state index contributed by atoms with van der Waals surface area (Å²) in [7, 11) is 4.80. The van der Waals surface area contributed by atoms with E-state index in [2.05, 4.69) is 15.2 Å². The zero-order valence-corrected chi connectivity index (χ0v) is 25.5. The van der Waals surface area contributed by atoms with Crippen molar-refractivity contribution in [2.45, 2.75) is 38.1 Å². The molecule has 1 aromatic heterocycles. The van der Waals surface area contributed by atoms with E-state index in [9.17, 15) is 9.59 Å². The van der Waals surface area contributed by atoms with Crippen LogP contribution in [0.25, 0.3) is 0 Å². The molecule has 44 heavy (non-hydrogen) atoms. The number of fused-ring (bicyclic) bond motifs is 5. The molecule has 2 aliphatic heterocycles. The SMILES string of the molecule is COCCN1CC(=O)N[C@H]2CN(Cc3cc(OC)ccn3)C[C@@H]2OCc2cccc(c2)Oc2cc(ccc2OC)CCC1=O. The van der Waals surface area contributed by atoms with Crippen LogP contribution in [0, 0.1) is 0 Å². The van der Waals surface area contributed by atoms with Gasteiger partial charge in [-0.1, -0.05) is 18.2 Å². The van der Waals surface area contributed by atoms with Gasteiger partial charge in [0.1, 0.15) is 11.5 Å². The summed E-state index contributed by atoms with van der Waals surface area (Å²) in [5, 5.41) is 3.15. The first-order valence-electron chi connectivity index (χ1n) is 14.8. The van der Waals surface area contributed by atoms with Crippen LogP contribution in [0.2, 0.25) is 0 Å². The number of methoxy groups -OCH3 is 3. The number of hydrogen-bond acceptors (Lipinski definition) is 9. The van der Waals surface area contributed by atoms with Crippen molar-refractivity contribution in [1.29, 1.82) is 0 Å². The maximum absolute atomic E-state index is 13.4. The van der Waals surface area contributed by atoms with Crippen LogP contribution < -0.4 is 19.5 Å². The van der Waals surface area contributed by atoms with Gasteiger partial charge in [-0.15, -0.1) is 0 Å². The van der Waals surface area contributed by atoms with Crippen LogP contribution in [0.4, 0.5) is 0 Å². The van der Waals surface area contributed by atoms with Gasteiger partial charge < -0.3 is 33.9 Å². The Kier molecular flexibility index (Phi) is 10.7. The lowest BCUT2D eigenvalue weighted by Gasteiger charge is -2.25. The number of nitrogens with zero attached hydrogens (tertiary/aromatic N) is 3. The summed E-state index contributed by atoms with van der Waals surface area (Å²) >= 11 is 0. The standard InChI is InChI=1S/C33H40N4O7/c1-40-14-13-37-21-32(38)35-28-19-36(18-25-17-26(41-2)11-12-34-25)20-31(28)43-22-24-5-4-6-27(15-24)44-30-16-23(8-10-33(37)39)7-9-29(30)42-3/h4-7,9,11-12,15-17,28,31H,8,10,13-14,18-22H2,1-3H3,(H,35,38)/t28-,31-/m0/s1. The van der Waals surface area contributed by atoms with Crippen LogP contribution in [-0.4, -0.2) is 92.9 Å². The number of pyridine rings is 1. The van der Waals surface area contributed by atoms with E-state index in [4.69, 9.17) is 23.7 Å². The normalized spacial score (nSPS) is 19.8. The Labute approximate surface area is 258 Å². The lowest BCUT2D eigenvalue weighted by molar-refractivity contribution is -0.137. The molecular formula is C33H40N4O7. The number of likely N-dealkylation sites (tertiary alicyclic amines) is 1. The van der Waals surface area contributed by atoms with E-state index in [1.54, 1.807) is 32.4 Å². The number of carbonyl (C=O) groups excluding carboxylic acids is 2. The van der Waals surface area contributed by atoms with Crippen molar-refractivity contribution in [1.82, 2.24) is 20.1 Å². The molecular weight excluding hydrogens is 564 g/mol. The van der Waals surface area contributed by atoms with E-state index in [1.165, 1.54) is 0 Å². The monoisotopic (exact) mass is 604 g/mol. The molecule has 0 unspecified atom stereocenters. The Hall–Kier alpha value is -4.19. The smallest absolute Gasteiger partial charge is 0.239 e. The zero-order valence-electron chi connectivity index (χ0n) is 25.5.